The quantitative estimate of drug-likeness (QED) is 0.144. The van der Waals surface area contributed by atoms with Crippen LogP contribution in [0.3, 0.4) is 0 Å². The van der Waals surface area contributed by atoms with Crippen molar-refractivity contribution in [2.24, 2.45) is 0 Å². The molecule has 1 unspecified atom stereocenters. The standard InChI is InChI=1S/C24H20O8P2.C13H10/c25-33(26,28-20-11-4-1-5-12-20)29-23-17-10-18-24(19-23)32-34(27,30-21-13-6-2-7-14-21)31-22-15-8-3-9-16-22;1-4-10-6-2-8-12-9-3-7-11(5-1)13(10)12/h1-19H,(H,25,26);1-8H,9H2. The van der Waals surface area contributed by atoms with Crippen molar-refractivity contribution >= 4 is 32.5 Å². The van der Waals surface area contributed by atoms with Crippen LogP contribution in [0.15, 0.2) is 158 Å². The van der Waals surface area contributed by atoms with Crippen molar-refractivity contribution in [3.8, 4) is 28.7 Å². The molecule has 6 aromatic rings. The smallest absolute Gasteiger partial charge is 0.395 e. The Morgan fingerprint density at radius 3 is 1.53 bits per heavy atom. The van der Waals surface area contributed by atoms with Gasteiger partial charge in [0, 0.05) is 6.07 Å². The Morgan fingerprint density at radius 2 is 0.936 bits per heavy atom. The van der Waals surface area contributed by atoms with Gasteiger partial charge in [-0.15, -0.1) is 0 Å². The van der Waals surface area contributed by atoms with E-state index in [1.165, 1.54) is 58.3 Å². The lowest BCUT2D eigenvalue weighted by molar-refractivity contribution is 0.289. The molecule has 1 atom stereocenters. The molecule has 0 amide bonds. The Labute approximate surface area is 272 Å². The average Bonchev–Trinajstić information content (AvgIpc) is 3.06. The fourth-order valence-corrected chi connectivity index (χ4v) is 6.88. The van der Waals surface area contributed by atoms with Crippen LogP contribution >= 0.6 is 15.6 Å². The van der Waals surface area contributed by atoms with Crippen LogP contribution in [0.1, 0.15) is 11.1 Å². The van der Waals surface area contributed by atoms with Gasteiger partial charge in [0.05, 0.1) is 0 Å². The Bertz CT molecular complexity index is 2020. The molecule has 7 rings (SSSR count). The summed E-state index contributed by atoms with van der Waals surface area (Å²) in [7, 11) is -8.73. The van der Waals surface area contributed by atoms with E-state index in [9.17, 15) is 14.0 Å². The summed E-state index contributed by atoms with van der Waals surface area (Å²) < 4.78 is 52.8. The van der Waals surface area contributed by atoms with Gasteiger partial charge in [-0.3, -0.25) is 4.89 Å². The molecule has 1 aliphatic carbocycles. The van der Waals surface area contributed by atoms with Crippen molar-refractivity contribution in [3.05, 3.63) is 169 Å². The maximum absolute atomic E-state index is 13.5. The van der Waals surface area contributed by atoms with Crippen molar-refractivity contribution in [1.82, 2.24) is 0 Å². The van der Waals surface area contributed by atoms with Gasteiger partial charge in [0.15, 0.2) is 0 Å². The second-order valence-corrected chi connectivity index (χ2v) is 13.0. The van der Waals surface area contributed by atoms with Crippen LogP contribution in [0.5, 0.6) is 28.7 Å². The number of rotatable bonds is 10. The minimum absolute atomic E-state index is 0.0207. The van der Waals surface area contributed by atoms with Crippen molar-refractivity contribution in [2.75, 3.05) is 0 Å². The normalized spacial score (nSPS) is 13.0. The lowest BCUT2D eigenvalue weighted by atomic mass is 9.93. The van der Waals surface area contributed by atoms with E-state index in [-0.39, 0.29) is 28.7 Å². The van der Waals surface area contributed by atoms with E-state index in [2.05, 4.69) is 48.6 Å². The molecule has 0 fully saturated rings. The van der Waals surface area contributed by atoms with Gasteiger partial charge in [-0.1, -0.05) is 109 Å². The molecule has 0 saturated heterocycles. The Morgan fingerprint density at radius 1 is 0.489 bits per heavy atom. The zero-order valence-corrected chi connectivity index (χ0v) is 26.8. The highest BCUT2D eigenvalue weighted by Gasteiger charge is 2.34. The van der Waals surface area contributed by atoms with Crippen LogP contribution in [-0.2, 0) is 15.6 Å². The monoisotopic (exact) mass is 664 g/mol. The predicted molar refractivity (Wildman–Crippen MR) is 183 cm³/mol. The molecule has 1 aliphatic rings. The molecule has 6 aromatic carbocycles. The number of phosphoric ester groups is 2. The van der Waals surface area contributed by atoms with Crippen LogP contribution < -0.4 is 22.6 Å². The molecule has 8 nitrogen and oxygen atoms in total. The first-order valence-corrected chi connectivity index (χ1v) is 17.6. The van der Waals surface area contributed by atoms with E-state index in [4.69, 9.17) is 22.6 Å². The summed E-state index contributed by atoms with van der Waals surface area (Å²) >= 11 is 0. The maximum atomic E-state index is 13.5. The maximum Gasteiger partial charge on any atom is 0.647 e. The fourth-order valence-electron chi connectivity index (χ4n) is 4.83. The minimum atomic E-state index is -4.50. The lowest BCUT2D eigenvalue weighted by Crippen LogP contribution is -2.07. The van der Waals surface area contributed by atoms with Crippen LogP contribution in [-0.4, -0.2) is 4.89 Å². The second kappa shape index (κ2) is 14.4. The van der Waals surface area contributed by atoms with Crippen molar-refractivity contribution < 1.29 is 36.6 Å². The van der Waals surface area contributed by atoms with Crippen LogP contribution in [0.25, 0.3) is 16.8 Å². The average molecular weight is 665 g/mol. The second-order valence-electron chi connectivity index (χ2n) is 10.3. The fraction of sp³-hybridized carbons (Fsp3) is 0.0270. The number of hydrogen-bond acceptors (Lipinski definition) is 7. The van der Waals surface area contributed by atoms with E-state index < -0.39 is 15.6 Å². The topological polar surface area (TPSA) is 101 Å². The van der Waals surface area contributed by atoms with Crippen LogP contribution in [0.4, 0.5) is 0 Å². The molecule has 0 aromatic heterocycles. The van der Waals surface area contributed by atoms with Gasteiger partial charge in [-0.25, -0.2) is 4.57 Å². The number of hydrogen-bond donors (Lipinski definition) is 1. The van der Waals surface area contributed by atoms with Gasteiger partial charge in [-0.05, 0) is 76.9 Å². The highest BCUT2D eigenvalue weighted by Crippen LogP contribution is 2.51. The molecular formula is C37H30O8P2. The third-order valence-corrected chi connectivity index (χ3v) is 8.97. The number of allylic oxidation sites excluding steroid dienone is 1. The molecular weight excluding hydrogens is 634 g/mol. The van der Waals surface area contributed by atoms with Gasteiger partial charge in [0.2, 0.25) is 0 Å². The van der Waals surface area contributed by atoms with E-state index in [0.29, 0.717) is 0 Å². The molecule has 10 heteroatoms. The summed E-state index contributed by atoms with van der Waals surface area (Å²) in [4.78, 5) is 10.1. The molecule has 0 saturated carbocycles. The van der Waals surface area contributed by atoms with Crippen molar-refractivity contribution in [3.63, 3.8) is 0 Å². The van der Waals surface area contributed by atoms with E-state index in [0.717, 1.165) is 6.42 Å². The molecule has 0 spiro atoms. The van der Waals surface area contributed by atoms with E-state index in [1.807, 2.05) is 0 Å². The first-order chi connectivity index (χ1) is 22.8. The highest BCUT2D eigenvalue weighted by atomic mass is 31.2. The van der Waals surface area contributed by atoms with Crippen LogP contribution in [0, 0.1) is 0 Å². The summed E-state index contributed by atoms with van der Waals surface area (Å²) in [5, 5.41) is 2.80. The Kier molecular flexibility index (Phi) is 9.75. The van der Waals surface area contributed by atoms with E-state index >= 15 is 0 Å². The SMILES string of the molecule is C1=Cc2cccc3cccc(c23)C1.O=P(O)(Oc1ccccc1)Oc1cccc(OP(=O)(Oc2ccccc2)Oc2ccccc2)c1. The third kappa shape index (κ3) is 8.72. The first kappa shape index (κ1) is 31.7. The minimum Gasteiger partial charge on any atom is -0.395 e. The zero-order chi connectivity index (χ0) is 32.5. The van der Waals surface area contributed by atoms with Gasteiger partial charge in [0.25, 0.3) is 0 Å². The Hall–Kier alpha value is -5.26. The third-order valence-electron chi connectivity index (χ3n) is 6.79. The van der Waals surface area contributed by atoms with Gasteiger partial charge < -0.3 is 22.6 Å². The molecule has 0 aliphatic heterocycles. The predicted octanol–water partition coefficient (Wildman–Crippen LogP) is 10.3. The number of para-hydroxylation sites is 3. The molecule has 0 radical (unpaired) electrons. The van der Waals surface area contributed by atoms with Crippen molar-refractivity contribution in [2.45, 2.75) is 6.42 Å². The van der Waals surface area contributed by atoms with Crippen LogP contribution in [0.2, 0.25) is 0 Å². The molecule has 0 heterocycles. The summed E-state index contributed by atoms with van der Waals surface area (Å²) in [6.45, 7) is 0. The molecule has 47 heavy (non-hydrogen) atoms. The van der Waals surface area contributed by atoms with Crippen molar-refractivity contribution in [1.29, 1.82) is 0 Å². The summed E-state index contributed by atoms with van der Waals surface area (Å²) in [6, 6.07) is 43.6. The highest BCUT2D eigenvalue weighted by molar-refractivity contribution is 7.49. The summed E-state index contributed by atoms with van der Waals surface area (Å²) in [6.07, 6.45) is 5.53. The number of phosphoric acid groups is 2. The zero-order valence-electron chi connectivity index (χ0n) is 25.0. The summed E-state index contributed by atoms with van der Waals surface area (Å²) in [5.74, 6) is 0.672. The molecule has 0 bridgehead atoms. The lowest BCUT2D eigenvalue weighted by Gasteiger charge is -2.20. The Balaban J connectivity index is 0.000000244. The molecule has 1 N–H and O–H groups in total. The largest absolute Gasteiger partial charge is 0.647 e. The molecule has 236 valence electrons. The van der Waals surface area contributed by atoms with Gasteiger partial charge in [0.1, 0.15) is 28.7 Å². The first-order valence-electron chi connectivity index (χ1n) is 14.7. The van der Waals surface area contributed by atoms with Gasteiger partial charge >= 0.3 is 15.6 Å². The number of benzene rings is 6. The van der Waals surface area contributed by atoms with E-state index in [1.54, 1.807) is 78.9 Å². The summed E-state index contributed by atoms with van der Waals surface area (Å²) in [5.41, 5.74) is 2.81. The van der Waals surface area contributed by atoms with Gasteiger partial charge in [-0.2, -0.15) is 4.57 Å².